The minimum Gasteiger partial charge on any atom is -0.341 e. The molecule has 134 valence electrons. The summed E-state index contributed by atoms with van der Waals surface area (Å²) in [4.78, 5) is 14.3. The molecule has 1 saturated heterocycles. The molecule has 1 aliphatic rings. The number of piperidine rings is 1. The van der Waals surface area contributed by atoms with Crippen LogP contribution in [0.3, 0.4) is 0 Å². The standard InChI is InChI=1S/C19H29NO3S/c1-14-6-7-17(12-15(14)2)13-16-8-10-20(11-9-16)18(21)19(3,4)24(5,22)23/h6-7,12,16H,8-11,13H2,1-5H3. The quantitative estimate of drug-likeness (QED) is 0.838. The van der Waals surface area contributed by atoms with Gasteiger partial charge in [0, 0.05) is 19.3 Å². The summed E-state index contributed by atoms with van der Waals surface area (Å²) in [6, 6.07) is 6.60. The molecule has 0 spiro atoms. The highest BCUT2D eigenvalue weighted by molar-refractivity contribution is 7.92. The van der Waals surface area contributed by atoms with Crippen molar-refractivity contribution in [3.63, 3.8) is 0 Å². The summed E-state index contributed by atoms with van der Waals surface area (Å²) in [6.45, 7) is 8.55. The first-order valence-corrected chi connectivity index (χ1v) is 10.5. The fraction of sp³-hybridized carbons (Fsp3) is 0.632. The zero-order valence-electron chi connectivity index (χ0n) is 15.4. The number of hydrogen-bond acceptors (Lipinski definition) is 3. The van der Waals surface area contributed by atoms with Crippen molar-refractivity contribution in [1.82, 2.24) is 4.90 Å². The Labute approximate surface area is 146 Å². The predicted molar refractivity (Wildman–Crippen MR) is 97.8 cm³/mol. The van der Waals surface area contributed by atoms with Gasteiger partial charge in [0.1, 0.15) is 4.75 Å². The number of likely N-dealkylation sites (tertiary alicyclic amines) is 1. The highest BCUT2D eigenvalue weighted by Gasteiger charge is 2.42. The maximum Gasteiger partial charge on any atom is 0.243 e. The van der Waals surface area contributed by atoms with Crippen molar-refractivity contribution < 1.29 is 13.2 Å². The molecule has 1 aromatic rings. The van der Waals surface area contributed by atoms with Crippen LogP contribution in [-0.2, 0) is 21.1 Å². The fourth-order valence-electron chi connectivity index (χ4n) is 3.14. The first kappa shape index (κ1) is 19.0. The molecule has 0 unspecified atom stereocenters. The molecule has 24 heavy (non-hydrogen) atoms. The molecular weight excluding hydrogens is 322 g/mol. The smallest absolute Gasteiger partial charge is 0.243 e. The highest BCUT2D eigenvalue weighted by Crippen LogP contribution is 2.26. The summed E-state index contributed by atoms with van der Waals surface area (Å²) in [5.74, 6) is 0.284. The largest absolute Gasteiger partial charge is 0.341 e. The number of amides is 1. The molecule has 1 aliphatic heterocycles. The number of rotatable bonds is 4. The Morgan fingerprint density at radius 2 is 1.75 bits per heavy atom. The molecule has 0 atom stereocenters. The second kappa shape index (κ2) is 6.87. The van der Waals surface area contributed by atoms with Crippen LogP contribution in [0.2, 0.25) is 0 Å². The van der Waals surface area contributed by atoms with Gasteiger partial charge in [0.15, 0.2) is 9.84 Å². The number of aryl methyl sites for hydroxylation is 2. The second-order valence-electron chi connectivity index (χ2n) is 7.64. The van der Waals surface area contributed by atoms with Crippen LogP contribution in [0.5, 0.6) is 0 Å². The van der Waals surface area contributed by atoms with Crippen LogP contribution in [0.15, 0.2) is 18.2 Å². The van der Waals surface area contributed by atoms with Gasteiger partial charge >= 0.3 is 0 Å². The summed E-state index contributed by atoms with van der Waals surface area (Å²) in [7, 11) is -3.41. The molecular formula is C19H29NO3S. The predicted octanol–water partition coefficient (Wildman–Crippen LogP) is 2.91. The van der Waals surface area contributed by atoms with Crippen molar-refractivity contribution in [2.24, 2.45) is 5.92 Å². The topological polar surface area (TPSA) is 54.5 Å². The van der Waals surface area contributed by atoms with Crippen LogP contribution in [0.1, 0.15) is 43.4 Å². The van der Waals surface area contributed by atoms with E-state index in [1.165, 1.54) is 30.5 Å². The van der Waals surface area contributed by atoms with Gasteiger partial charge in [-0.25, -0.2) is 8.42 Å². The van der Waals surface area contributed by atoms with Crippen LogP contribution >= 0.6 is 0 Å². The summed E-state index contributed by atoms with van der Waals surface area (Å²) >= 11 is 0. The van der Waals surface area contributed by atoms with Gasteiger partial charge in [-0.15, -0.1) is 0 Å². The van der Waals surface area contributed by atoms with Crippen LogP contribution in [-0.4, -0.2) is 43.3 Å². The van der Waals surface area contributed by atoms with E-state index in [4.69, 9.17) is 0 Å². The number of nitrogens with zero attached hydrogens (tertiary/aromatic N) is 1. The molecule has 1 fully saturated rings. The maximum absolute atomic E-state index is 12.6. The van der Waals surface area contributed by atoms with E-state index < -0.39 is 14.6 Å². The lowest BCUT2D eigenvalue weighted by molar-refractivity contribution is -0.134. The van der Waals surface area contributed by atoms with E-state index in [2.05, 4.69) is 32.0 Å². The molecule has 0 saturated carbocycles. The number of benzene rings is 1. The Bertz CT molecular complexity index is 714. The van der Waals surface area contributed by atoms with Crippen molar-refractivity contribution in [2.45, 2.75) is 51.7 Å². The average molecular weight is 352 g/mol. The zero-order valence-corrected chi connectivity index (χ0v) is 16.2. The summed E-state index contributed by atoms with van der Waals surface area (Å²) < 4.78 is 22.4. The molecule has 1 amide bonds. The first-order chi connectivity index (χ1) is 11.0. The van der Waals surface area contributed by atoms with E-state index in [-0.39, 0.29) is 5.91 Å². The van der Waals surface area contributed by atoms with Gasteiger partial charge in [-0.05, 0) is 69.6 Å². The molecule has 1 aromatic carbocycles. The lowest BCUT2D eigenvalue weighted by atomic mass is 9.89. The summed E-state index contributed by atoms with van der Waals surface area (Å²) in [5.41, 5.74) is 3.97. The first-order valence-electron chi connectivity index (χ1n) is 8.57. The second-order valence-corrected chi connectivity index (χ2v) is 10.2. The fourth-order valence-corrected chi connectivity index (χ4v) is 3.59. The van der Waals surface area contributed by atoms with Gasteiger partial charge < -0.3 is 4.90 Å². The third-order valence-corrected chi connectivity index (χ3v) is 7.47. The zero-order chi connectivity index (χ0) is 18.1. The number of sulfone groups is 1. The van der Waals surface area contributed by atoms with Crippen molar-refractivity contribution in [3.05, 3.63) is 34.9 Å². The van der Waals surface area contributed by atoms with Gasteiger partial charge in [0.25, 0.3) is 0 Å². The van der Waals surface area contributed by atoms with E-state index >= 15 is 0 Å². The van der Waals surface area contributed by atoms with Crippen LogP contribution in [0.25, 0.3) is 0 Å². The lowest BCUT2D eigenvalue weighted by Crippen LogP contribution is -2.52. The molecule has 0 bridgehead atoms. The van der Waals surface area contributed by atoms with E-state index in [0.29, 0.717) is 19.0 Å². The minimum atomic E-state index is -3.41. The number of carbonyl (C=O) groups is 1. The molecule has 0 N–H and O–H groups in total. The monoisotopic (exact) mass is 351 g/mol. The molecule has 0 radical (unpaired) electrons. The molecule has 0 aromatic heterocycles. The van der Waals surface area contributed by atoms with Crippen LogP contribution in [0.4, 0.5) is 0 Å². The molecule has 2 rings (SSSR count). The van der Waals surface area contributed by atoms with Crippen molar-refractivity contribution in [2.75, 3.05) is 19.3 Å². The number of carbonyl (C=O) groups excluding carboxylic acids is 1. The van der Waals surface area contributed by atoms with E-state index in [1.807, 2.05) is 0 Å². The Morgan fingerprint density at radius 3 is 2.25 bits per heavy atom. The van der Waals surface area contributed by atoms with Gasteiger partial charge in [0.05, 0.1) is 0 Å². The average Bonchev–Trinajstić information content (AvgIpc) is 2.50. The van der Waals surface area contributed by atoms with Crippen molar-refractivity contribution in [3.8, 4) is 0 Å². The van der Waals surface area contributed by atoms with Crippen LogP contribution < -0.4 is 0 Å². The van der Waals surface area contributed by atoms with Gasteiger partial charge in [-0.1, -0.05) is 18.2 Å². The molecule has 0 aliphatic carbocycles. The van der Waals surface area contributed by atoms with E-state index in [9.17, 15) is 13.2 Å². The summed E-state index contributed by atoms with van der Waals surface area (Å²) in [6.07, 6.45) is 4.02. The Balaban J connectivity index is 1.96. The van der Waals surface area contributed by atoms with Gasteiger partial charge in [-0.3, -0.25) is 4.79 Å². The third-order valence-electron chi connectivity index (χ3n) is 5.44. The Hall–Kier alpha value is -1.36. The highest BCUT2D eigenvalue weighted by atomic mass is 32.2. The minimum absolute atomic E-state index is 0.269. The molecule has 1 heterocycles. The normalized spacial score (nSPS) is 17.1. The number of hydrogen-bond donors (Lipinski definition) is 0. The SMILES string of the molecule is Cc1ccc(CC2CCN(C(=O)C(C)(C)S(C)(=O)=O)CC2)cc1C. The van der Waals surface area contributed by atoms with Gasteiger partial charge in [0.2, 0.25) is 5.91 Å². The van der Waals surface area contributed by atoms with Gasteiger partial charge in [-0.2, -0.15) is 0 Å². The van der Waals surface area contributed by atoms with E-state index in [0.717, 1.165) is 25.5 Å². The lowest BCUT2D eigenvalue weighted by Gasteiger charge is -2.36. The van der Waals surface area contributed by atoms with E-state index in [1.54, 1.807) is 4.90 Å². The Kier molecular flexibility index (Phi) is 5.43. The molecule has 4 nitrogen and oxygen atoms in total. The van der Waals surface area contributed by atoms with Crippen LogP contribution in [0, 0.1) is 19.8 Å². The third kappa shape index (κ3) is 4.00. The van der Waals surface area contributed by atoms with Crippen molar-refractivity contribution in [1.29, 1.82) is 0 Å². The summed E-state index contributed by atoms with van der Waals surface area (Å²) in [5, 5.41) is 0. The maximum atomic E-state index is 12.6. The van der Waals surface area contributed by atoms with Crippen molar-refractivity contribution >= 4 is 15.7 Å². The molecule has 5 heteroatoms. The Morgan fingerprint density at radius 1 is 1.17 bits per heavy atom.